The van der Waals surface area contributed by atoms with Crippen molar-refractivity contribution in [3.63, 3.8) is 0 Å². The van der Waals surface area contributed by atoms with Crippen LogP contribution in [0.15, 0.2) is 24.3 Å². The van der Waals surface area contributed by atoms with Crippen molar-refractivity contribution in [2.24, 2.45) is 0 Å². The van der Waals surface area contributed by atoms with Gasteiger partial charge < -0.3 is 10.2 Å². The minimum absolute atomic E-state index is 0.162. The van der Waals surface area contributed by atoms with Gasteiger partial charge in [0.25, 0.3) is 0 Å². The van der Waals surface area contributed by atoms with Crippen LogP contribution in [0.5, 0.6) is 0 Å². The topological polar surface area (TPSA) is 15.3 Å². The van der Waals surface area contributed by atoms with Crippen molar-refractivity contribution < 1.29 is 4.39 Å². The lowest BCUT2D eigenvalue weighted by Gasteiger charge is -2.23. The average Bonchev–Trinajstić information content (AvgIpc) is 2.34. The third-order valence-electron chi connectivity index (χ3n) is 2.76. The highest BCUT2D eigenvalue weighted by Crippen LogP contribution is 2.15. The quantitative estimate of drug-likeness (QED) is 0.700. The van der Waals surface area contributed by atoms with Crippen LogP contribution < -0.4 is 10.2 Å². The average molecular weight is 238 g/mol. The predicted octanol–water partition coefficient (Wildman–Crippen LogP) is 3.04. The van der Waals surface area contributed by atoms with Crippen LogP contribution in [0, 0.1) is 5.82 Å². The maximum atomic E-state index is 13.1. The van der Waals surface area contributed by atoms with Crippen LogP contribution in [0.4, 0.5) is 10.1 Å². The molecule has 0 saturated heterocycles. The van der Waals surface area contributed by atoms with E-state index in [9.17, 15) is 4.39 Å². The Balaban J connectivity index is 2.38. The molecular formula is C14H23FN2. The van der Waals surface area contributed by atoms with E-state index < -0.39 is 0 Å². The zero-order valence-electron chi connectivity index (χ0n) is 10.9. The van der Waals surface area contributed by atoms with Crippen molar-refractivity contribution in [3.05, 3.63) is 30.1 Å². The van der Waals surface area contributed by atoms with Crippen LogP contribution in [0.25, 0.3) is 0 Å². The molecule has 0 saturated carbocycles. The van der Waals surface area contributed by atoms with Gasteiger partial charge in [-0.05, 0) is 51.1 Å². The molecule has 0 heterocycles. The molecule has 0 fully saturated rings. The van der Waals surface area contributed by atoms with E-state index in [0.717, 1.165) is 38.3 Å². The number of rotatable bonds is 8. The van der Waals surface area contributed by atoms with E-state index in [0.29, 0.717) is 0 Å². The highest BCUT2D eigenvalue weighted by Gasteiger charge is 2.04. The predicted molar refractivity (Wildman–Crippen MR) is 72.1 cm³/mol. The standard InChI is InChI=1S/C14H23FN2/c1-3-9-16-10-6-11-17(4-2)14-8-5-7-13(15)12-14/h5,7-8,12,16H,3-4,6,9-11H2,1-2H3. The van der Waals surface area contributed by atoms with Gasteiger partial charge >= 0.3 is 0 Å². The lowest BCUT2D eigenvalue weighted by Crippen LogP contribution is -2.27. The normalized spacial score (nSPS) is 10.5. The van der Waals surface area contributed by atoms with E-state index >= 15 is 0 Å². The van der Waals surface area contributed by atoms with Gasteiger partial charge in [-0.2, -0.15) is 0 Å². The van der Waals surface area contributed by atoms with E-state index in [1.807, 2.05) is 6.07 Å². The van der Waals surface area contributed by atoms with E-state index in [1.165, 1.54) is 12.5 Å². The molecule has 0 unspecified atom stereocenters. The minimum Gasteiger partial charge on any atom is -0.372 e. The maximum Gasteiger partial charge on any atom is 0.125 e. The van der Waals surface area contributed by atoms with Crippen molar-refractivity contribution in [1.82, 2.24) is 5.32 Å². The molecule has 3 heteroatoms. The van der Waals surface area contributed by atoms with Crippen LogP contribution in [-0.2, 0) is 0 Å². The van der Waals surface area contributed by atoms with Gasteiger partial charge in [0.15, 0.2) is 0 Å². The van der Waals surface area contributed by atoms with Crippen molar-refractivity contribution >= 4 is 5.69 Å². The van der Waals surface area contributed by atoms with Crippen molar-refractivity contribution in [1.29, 1.82) is 0 Å². The van der Waals surface area contributed by atoms with Gasteiger partial charge in [-0.25, -0.2) is 4.39 Å². The molecule has 1 aromatic rings. The number of nitrogens with one attached hydrogen (secondary N) is 1. The summed E-state index contributed by atoms with van der Waals surface area (Å²) in [6.45, 7) is 8.25. The van der Waals surface area contributed by atoms with Gasteiger partial charge in [-0.15, -0.1) is 0 Å². The Labute approximate surface area is 104 Å². The molecule has 0 amide bonds. The summed E-state index contributed by atoms with van der Waals surface area (Å²) < 4.78 is 13.1. The van der Waals surface area contributed by atoms with Gasteiger partial charge in [0, 0.05) is 18.8 Å². The molecule has 0 aromatic heterocycles. The number of benzene rings is 1. The van der Waals surface area contributed by atoms with Gasteiger partial charge in [-0.1, -0.05) is 13.0 Å². The summed E-state index contributed by atoms with van der Waals surface area (Å²) in [7, 11) is 0. The molecular weight excluding hydrogens is 215 g/mol. The van der Waals surface area contributed by atoms with E-state index in [-0.39, 0.29) is 5.82 Å². The van der Waals surface area contributed by atoms with Crippen LogP contribution in [-0.4, -0.2) is 26.2 Å². The first-order valence-corrected chi connectivity index (χ1v) is 6.49. The minimum atomic E-state index is -0.162. The summed E-state index contributed by atoms with van der Waals surface area (Å²) in [6, 6.07) is 6.82. The molecule has 0 radical (unpaired) electrons. The summed E-state index contributed by atoms with van der Waals surface area (Å²) in [5.41, 5.74) is 0.975. The highest BCUT2D eigenvalue weighted by molar-refractivity contribution is 5.46. The van der Waals surface area contributed by atoms with Crippen LogP contribution in [0.1, 0.15) is 26.7 Å². The summed E-state index contributed by atoms with van der Waals surface area (Å²) in [6.07, 6.45) is 2.26. The fourth-order valence-electron chi connectivity index (χ4n) is 1.84. The molecule has 0 bridgehead atoms. The molecule has 0 aliphatic heterocycles. The number of halogens is 1. The highest BCUT2D eigenvalue weighted by atomic mass is 19.1. The molecule has 0 atom stereocenters. The maximum absolute atomic E-state index is 13.1. The zero-order valence-corrected chi connectivity index (χ0v) is 10.9. The second kappa shape index (κ2) is 8.07. The van der Waals surface area contributed by atoms with Crippen molar-refractivity contribution in [2.45, 2.75) is 26.7 Å². The molecule has 0 aliphatic carbocycles. The number of hydrogen-bond donors (Lipinski definition) is 1. The third-order valence-corrected chi connectivity index (χ3v) is 2.76. The lowest BCUT2D eigenvalue weighted by molar-refractivity contribution is 0.619. The SMILES string of the molecule is CCCNCCCN(CC)c1cccc(F)c1. The second-order valence-electron chi connectivity index (χ2n) is 4.16. The molecule has 17 heavy (non-hydrogen) atoms. The Kier molecular flexibility index (Phi) is 6.63. The molecule has 2 nitrogen and oxygen atoms in total. The number of nitrogens with zero attached hydrogens (tertiary/aromatic N) is 1. The summed E-state index contributed by atoms with van der Waals surface area (Å²) in [5.74, 6) is -0.162. The second-order valence-corrected chi connectivity index (χ2v) is 4.16. The van der Waals surface area contributed by atoms with E-state index in [1.54, 1.807) is 12.1 Å². The monoisotopic (exact) mass is 238 g/mol. The molecule has 0 aliphatic rings. The zero-order chi connectivity index (χ0) is 12.5. The Bertz CT molecular complexity index is 315. The van der Waals surface area contributed by atoms with Gasteiger partial charge in [0.05, 0.1) is 0 Å². The first kappa shape index (κ1) is 14.0. The summed E-state index contributed by atoms with van der Waals surface area (Å²) in [5, 5.41) is 3.38. The Hall–Kier alpha value is -1.09. The molecule has 1 rings (SSSR count). The Morgan fingerprint density at radius 3 is 2.71 bits per heavy atom. The van der Waals surface area contributed by atoms with Gasteiger partial charge in [0.1, 0.15) is 5.82 Å². The number of hydrogen-bond acceptors (Lipinski definition) is 2. The molecule has 1 aromatic carbocycles. The first-order chi connectivity index (χ1) is 8.27. The largest absolute Gasteiger partial charge is 0.372 e. The van der Waals surface area contributed by atoms with Crippen molar-refractivity contribution in [3.8, 4) is 0 Å². The molecule has 96 valence electrons. The number of anilines is 1. The Morgan fingerprint density at radius 2 is 2.06 bits per heavy atom. The molecule has 1 N–H and O–H groups in total. The fourth-order valence-corrected chi connectivity index (χ4v) is 1.84. The summed E-state index contributed by atoms with van der Waals surface area (Å²) >= 11 is 0. The van der Waals surface area contributed by atoms with E-state index in [2.05, 4.69) is 24.1 Å². The van der Waals surface area contributed by atoms with E-state index in [4.69, 9.17) is 0 Å². The smallest absolute Gasteiger partial charge is 0.125 e. The fraction of sp³-hybridized carbons (Fsp3) is 0.571. The van der Waals surface area contributed by atoms with Crippen LogP contribution in [0.3, 0.4) is 0 Å². The first-order valence-electron chi connectivity index (χ1n) is 6.49. The van der Waals surface area contributed by atoms with Crippen LogP contribution >= 0.6 is 0 Å². The van der Waals surface area contributed by atoms with Crippen LogP contribution in [0.2, 0.25) is 0 Å². The lowest BCUT2D eigenvalue weighted by atomic mass is 10.2. The molecule has 0 spiro atoms. The third kappa shape index (κ3) is 5.18. The van der Waals surface area contributed by atoms with Crippen molar-refractivity contribution in [2.75, 3.05) is 31.1 Å². The summed E-state index contributed by atoms with van der Waals surface area (Å²) in [4.78, 5) is 2.21. The Morgan fingerprint density at radius 1 is 1.24 bits per heavy atom. The van der Waals surface area contributed by atoms with Gasteiger partial charge in [-0.3, -0.25) is 0 Å². The van der Waals surface area contributed by atoms with Gasteiger partial charge in [0.2, 0.25) is 0 Å².